The van der Waals surface area contributed by atoms with Crippen LogP contribution in [0, 0.1) is 5.92 Å². The number of carboxylic acids is 1. The Bertz CT molecular complexity index is 374. The molecule has 3 unspecified atom stereocenters. The number of carbonyl (C=O) groups is 3. The van der Waals surface area contributed by atoms with Crippen LogP contribution in [0.15, 0.2) is 0 Å². The van der Waals surface area contributed by atoms with Crippen LogP contribution in [0.1, 0.15) is 26.7 Å². The number of thiol groups is 1. The molecule has 20 heavy (non-hydrogen) atoms. The maximum absolute atomic E-state index is 12.2. The lowest BCUT2D eigenvalue weighted by Gasteiger charge is -2.31. The summed E-state index contributed by atoms with van der Waals surface area (Å²) < 4.78 is -0.787. The summed E-state index contributed by atoms with van der Waals surface area (Å²) in [5.41, 5.74) is 5.43. The molecule has 0 fully saturated rings. The second kappa shape index (κ2) is 8.11. The van der Waals surface area contributed by atoms with Crippen LogP contribution >= 0.6 is 12.6 Å². The van der Waals surface area contributed by atoms with Crippen LogP contribution in [-0.4, -0.2) is 47.3 Å². The van der Waals surface area contributed by atoms with Crippen LogP contribution in [0.3, 0.4) is 0 Å². The summed E-state index contributed by atoms with van der Waals surface area (Å²) in [6.45, 7) is 3.44. The smallest absolute Gasteiger partial charge is 0.304 e. The minimum absolute atomic E-state index is 0.0688. The Kier molecular flexibility index (Phi) is 7.59. The van der Waals surface area contributed by atoms with Crippen molar-refractivity contribution in [2.75, 3.05) is 13.6 Å². The summed E-state index contributed by atoms with van der Waals surface area (Å²) >= 11 is 4.37. The third kappa shape index (κ3) is 5.38. The zero-order valence-corrected chi connectivity index (χ0v) is 12.9. The molecule has 0 aliphatic rings. The third-order valence-electron chi connectivity index (χ3n) is 3.28. The van der Waals surface area contributed by atoms with Gasteiger partial charge in [-0.25, -0.2) is 0 Å². The lowest BCUT2D eigenvalue weighted by Crippen LogP contribution is -2.54. The number of nitrogens with one attached hydrogen (secondary N) is 2. The molecule has 0 heterocycles. The summed E-state index contributed by atoms with van der Waals surface area (Å²) in [5, 5.41) is 13.8. The highest BCUT2D eigenvalue weighted by Crippen LogP contribution is 2.31. The second-order valence-electron chi connectivity index (χ2n) is 4.77. The van der Waals surface area contributed by atoms with Crippen molar-refractivity contribution in [3.8, 4) is 0 Å². The van der Waals surface area contributed by atoms with Gasteiger partial charge < -0.3 is 21.5 Å². The largest absolute Gasteiger partial charge is 0.481 e. The van der Waals surface area contributed by atoms with Gasteiger partial charge in [0.1, 0.15) is 6.04 Å². The van der Waals surface area contributed by atoms with Gasteiger partial charge in [0.15, 0.2) is 0 Å². The van der Waals surface area contributed by atoms with Gasteiger partial charge in [-0.2, -0.15) is 12.6 Å². The lowest BCUT2D eigenvalue weighted by atomic mass is 9.87. The SMILES string of the molecule is CCC(C)(S)C(CC(=O)O)C(=O)NC(CN)C(=O)NC. The van der Waals surface area contributed by atoms with Gasteiger partial charge in [-0.15, -0.1) is 0 Å². The highest BCUT2D eigenvalue weighted by Gasteiger charge is 2.37. The number of carboxylic acid groups (broad SMARTS) is 1. The molecule has 0 rings (SSSR count). The predicted molar refractivity (Wildman–Crippen MR) is 78.5 cm³/mol. The molecule has 0 aromatic heterocycles. The molecule has 0 saturated carbocycles. The third-order valence-corrected chi connectivity index (χ3v) is 3.90. The fraction of sp³-hybridized carbons (Fsp3) is 0.750. The summed E-state index contributed by atoms with van der Waals surface area (Å²) in [7, 11) is 1.43. The molecular formula is C12H23N3O4S. The van der Waals surface area contributed by atoms with Crippen LogP contribution in [0.25, 0.3) is 0 Å². The molecule has 0 aromatic carbocycles. The number of rotatable bonds is 8. The molecule has 0 aliphatic carbocycles. The topological polar surface area (TPSA) is 122 Å². The maximum atomic E-state index is 12.2. The van der Waals surface area contributed by atoms with Crippen molar-refractivity contribution < 1.29 is 19.5 Å². The minimum Gasteiger partial charge on any atom is -0.481 e. The van der Waals surface area contributed by atoms with E-state index in [0.29, 0.717) is 6.42 Å². The van der Waals surface area contributed by atoms with Crippen LogP contribution in [0.2, 0.25) is 0 Å². The first-order chi connectivity index (χ1) is 9.19. The Balaban J connectivity index is 5.04. The molecule has 3 atom stereocenters. The molecule has 0 spiro atoms. The van der Waals surface area contributed by atoms with E-state index in [9.17, 15) is 14.4 Å². The van der Waals surface area contributed by atoms with Crippen LogP contribution in [0.4, 0.5) is 0 Å². The highest BCUT2D eigenvalue weighted by molar-refractivity contribution is 7.81. The quantitative estimate of drug-likeness (QED) is 0.382. The van der Waals surface area contributed by atoms with Gasteiger partial charge in [-0.3, -0.25) is 14.4 Å². The molecule has 0 saturated heterocycles. The molecule has 0 aromatic rings. The standard InChI is InChI=1S/C12H23N3O4S/c1-4-12(2,20)7(5-9(16)17)10(18)15-8(6-13)11(19)14-3/h7-8,20H,4-6,13H2,1-3H3,(H,14,19)(H,15,18)(H,16,17). The van der Waals surface area contributed by atoms with Crippen molar-refractivity contribution in [3.05, 3.63) is 0 Å². The first-order valence-corrected chi connectivity index (χ1v) is 6.80. The van der Waals surface area contributed by atoms with E-state index in [2.05, 4.69) is 23.3 Å². The van der Waals surface area contributed by atoms with Crippen molar-refractivity contribution in [2.24, 2.45) is 11.7 Å². The Hall–Kier alpha value is -1.28. The van der Waals surface area contributed by atoms with Gasteiger partial charge in [0.2, 0.25) is 11.8 Å². The number of amides is 2. The number of nitrogens with two attached hydrogens (primary N) is 1. The Labute approximate surface area is 124 Å². The Morgan fingerprint density at radius 3 is 2.25 bits per heavy atom. The summed E-state index contributed by atoms with van der Waals surface area (Å²) in [6, 6.07) is -0.884. The van der Waals surface area contributed by atoms with Crippen molar-refractivity contribution >= 4 is 30.4 Å². The van der Waals surface area contributed by atoms with Crippen LogP contribution in [0.5, 0.6) is 0 Å². The molecule has 116 valence electrons. The first-order valence-electron chi connectivity index (χ1n) is 6.35. The predicted octanol–water partition coefficient (Wildman–Crippen LogP) is -0.635. The van der Waals surface area contributed by atoms with Gasteiger partial charge in [0, 0.05) is 18.3 Å². The van der Waals surface area contributed by atoms with E-state index in [4.69, 9.17) is 10.8 Å². The van der Waals surface area contributed by atoms with E-state index in [-0.39, 0.29) is 13.0 Å². The zero-order valence-electron chi connectivity index (χ0n) is 12.0. The first kappa shape index (κ1) is 18.7. The molecule has 2 amide bonds. The summed E-state index contributed by atoms with van der Waals surface area (Å²) in [5.74, 6) is -2.91. The molecule has 0 bridgehead atoms. The van der Waals surface area contributed by atoms with Crippen molar-refractivity contribution in [3.63, 3.8) is 0 Å². The maximum Gasteiger partial charge on any atom is 0.304 e. The van der Waals surface area contributed by atoms with E-state index in [1.807, 2.05) is 6.92 Å². The summed E-state index contributed by atoms with van der Waals surface area (Å²) in [6.07, 6.45) is 0.152. The number of likely N-dealkylation sites (N-methyl/N-ethyl adjacent to an activating group) is 1. The summed E-state index contributed by atoms with van der Waals surface area (Å²) in [4.78, 5) is 34.6. The monoisotopic (exact) mass is 305 g/mol. The van der Waals surface area contributed by atoms with Crippen molar-refractivity contribution in [1.82, 2.24) is 10.6 Å². The van der Waals surface area contributed by atoms with E-state index in [1.54, 1.807) is 6.92 Å². The van der Waals surface area contributed by atoms with E-state index in [0.717, 1.165) is 0 Å². The van der Waals surface area contributed by atoms with Gasteiger partial charge in [-0.05, 0) is 13.3 Å². The number of hydrogen-bond donors (Lipinski definition) is 5. The number of carbonyl (C=O) groups excluding carboxylic acids is 2. The zero-order chi connectivity index (χ0) is 15.9. The average molecular weight is 305 g/mol. The van der Waals surface area contributed by atoms with Crippen LogP contribution in [-0.2, 0) is 14.4 Å². The fourth-order valence-electron chi connectivity index (χ4n) is 1.69. The molecule has 0 aliphatic heterocycles. The number of aliphatic carboxylic acids is 1. The Morgan fingerprint density at radius 1 is 1.35 bits per heavy atom. The normalized spacial score (nSPS) is 16.6. The van der Waals surface area contributed by atoms with Crippen LogP contribution < -0.4 is 16.4 Å². The van der Waals surface area contributed by atoms with Gasteiger partial charge in [0.25, 0.3) is 0 Å². The number of hydrogen-bond acceptors (Lipinski definition) is 5. The van der Waals surface area contributed by atoms with Gasteiger partial charge >= 0.3 is 5.97 Å². The molecular weight excluding hydrogens is 282 g/mol. The van der Waals surface area contributed by atoms with Crippen molar-refractivity contribution in [1.29, 1.82) is 0 Å². The molecule has 0 radical (unpaired) electrons. The second-order valence-corrected chi connectivity index (χ2v) is 5.79. The van der Waals surface area contributed by atoms with Gasteiger partial charge in [-0.1, -0.05) is 6.92 Å². The van der Waals surface area contributed by atoms with Crippen molar-refractivity contribution in [2.45, 2.75) is 37.5 Å². The van der Waals surface area contributed by atoms with E-state index >= 15 is 0 Å². The molecule has 8 heteroatoms. The molecule has 5 N–H and O–H groups in total. The average Bonchev–Trinajstić information content (AvgIpc) is 2.40. The Morgan fingerprint density at radius 2 is 1.90 bits per heavy atom. The molecule has 7 nitrogen and oxygen atoms in total. The lowest BCUT2D eigenvalue weighted by molar-refractivity contribution is -0.142. The van der Waals surface area contributed by atoms with E-state index in [1.165, 1.54) is 7.05 Å². The minimum atomic E-state index is -1.09. The fourth-order valence-corrected chi connectivity index (χ4v) is 1.90. The highest BCUT2D eigenvalue weighted by atomic mass is 32.1. The van der Waals surface area contributed by atoms with E-state index < -0.39 is 34.5 Å². The van der Waals surface area contributed by atoms with Gasteiger partial charge in [0.05, 0.1) is 12.3 Å².